The highest BCUT2D eigenvalue weighted by Crippen LogP contribution is 2.38. The Kier molecular flexibility index (Phi) is 5.93. The number of carbonyl (C=O) groups excluding carboxylic acids is 1. The quantitative estimate of drug-likeness (QED) is 0.638. The van der Waals surface area contributed by atoms with Crippen LogP contribution >= 0.6 is 11.8 Å². The van der Waals surface area contributed by atoms with E-state index in [1.165, 1.54) is 21.3 Å². The maximum Gasteiger partial charge on any atom is 0.255 e. The topological polar surface area (TPSA) is 80.6 Å². The van der Waals surface area contributed by atoms with Crippen LogP contribution in [0.15, 0.2) is 41.3 Å². The third-order valence-electron chi connectivity index (χ3n) is 3.20. The van der Waals surface area contributed by atoms with Gasteiger partial charge >= 0.3 is 0 Å². The number of ether oxygens (including phenoxy) is 3. The molecule has 6 nitrogen and oxygen atoms in total. The molecule has 0 radical (unpaired) electrons. The van der Waals surface area contributed by atoms with Crippen molar-refractivity contribution < 1.29 is 19.0 Å². The summed E-state index contributed by atoms with van der Waals surface area (Å²) in [6.45, 7) is 0. The average Bonchev–Trinajstić information content (AvgIpc) is 2.62. The Morgan fingerprint density at radius 2 is 1.62 bits per heavy atom. The second-order valence-corrected chi connectivity index (χ2v) is 5.44. The number of nitrogens with zero attached hydrogens (tertiary/aromatic N) is 1. The number of hydrogen-bond acceptors (Lipinski definition) is 6. The van der Waals surface area contributed by atoms with Crippen LogP contribution in [-0.4, -0.2) is 27.2 Å². The van der Waals surface area contributed by atoms with Gasteiger partial charge in [-0.05, 0) is 48.2 Å². The van der Waals surface area contributed by atoms with Crippen LogP contribution in [0.4, 0.5) is 5.69 Å². The Labute approximate surface area is 144 Å². The summed E-state index contributed by atoms with van der Waals surface area (Å²) >= 11 is 1.06. The lowest BCUT2D eigenvalue weighted by Crippen LogP contribution is -2.12. The molecule has 0 atom stereocenters. The number of nitriles is 1. The number of nitrogens with one attached hydrogen (secondary N) is 1. The minimum atomic E-state index is -0.310. The fourth-order valence-electron chi connectivity index (χ4n) is 2.07. The number of benzene rings is 2. The van der Waals surface area contributed by atoms with E-state index >= 15 is 0 Å². The van der Waals surface area contributed by atoms with Crippen molar-refractivity contribution in [1.29, 1.82) is 5.26 Å². The molecule has 0 aliphatic rings. The summed E-state index contributed by atoms with van der Waals surface area (Å²) in [4.78, 5) is 13.2. The zero-order valence-corrected chi connectivity index (χ0v) is 14.3. The van der Waals surface area contributed by atoms with Crippen molar-refractivity contribution in [3.05, 3.63) is 42.0 Å². The van der Waals surface area contributed by atoms with Gasteiger partial charge in [0.2, 0.25) is 5.75 Å². The van der Waals surface area contributed by atoms with E-state index in [2.05, 4.69) is 5.32 Å². The minimum absolute atomic E-state index is 0.310. The molecular formula is C17H16N2O4S. The van der Waals surface area contributed by atoms with Crippen LogP contribution in [0, 0.1) is 10.7 Å². The molecule has 2 aromatic carbocycles. The van der Waals surface area contributed by atoms with E-state index in [0.717, 1.165) is 16.7 Å². The zero-order chi connectivity index (χ0) is 17.5. The van der Waals surface area contributed by atoms with E-state index in [0.29, 0.717) is 28.5 Å². The van der Waals surface area contributed by atoms with Gasteiger partial charge in [0.05, 0.1) is 21.3 Å². The van der Waals surface area contributed by atoms with E-state index in [-0.39, 0.29) is 5.91 Å². The first-order valence-corrected chi connectivity index (χ1v) is 7.72. The van der Waals surface area contributed by atoms with Crippen molar-refractivity contribution >= 4 is 23.4 Å². The third-order valence-corrected chi connectivity index (χ3v) is 3.80. The van der Waals surface area contributed by atoms with Gasteiger partial charge < -0.3 is 19.5 Å². The number of methoxy groups -OCH3 is 3. The van der Waals surface area contributed by atoms with Crippen molar-refractivity contribution in [2.75, 3.05) is 26.6 Å². The fourth-order valence-corrected chi connectivity index (χ4v) is 2.45. The highest BCUT2D eigenvalue weighted by atomic mass is 32.2. The lowest BCUT2D eigenvalue weighted by molar-refractivity contribution is 0.102. The lowest BCUT2D eigenvalue weighted by atomic mass is 10.1. The molecule has 0 aliphatic heterocycles. The van der Waals surface area contributed by atoms with Crippen molar-refractivity contribution in [2.45, 2.75) is 4.90 Å². The lowest BCUT2D eigenvalue weighted by Gasteiger charge is -2.14. The molecule has 1 N–H and O–H groups in total. The van der Waals surface area contributed by atoms with Gasteiger partial charge in [-0.15, -0.1) is 0 Å². The first-order valence-electron chi connectivity index (χ1n) is 6.90. The maximum absolute atomic E-state index is 12.4. The van der Waals surface area contributed by atoms with E-state index in [4.69, 9.17) is 19.5 Å². The molecule has 2 aromatic rings. The van der Waals surface area contributed by atoms with Gasteiger partial charge in [0, 0.05) is 16.1 Å². The van der Waals surface area contributed by atoms with Crippen molar-refractivity contribution in [3.8, 4) is 22.6 Å². The molecule has 0 aromatic heterocycles. The van der Waals surface area contributed by atoms with E-state index in [9.17, 15) is 4.79 Å². The molecule has 24 heavy (non-hydrogen) atoms. The van der Waals surface area contributed by atoms with Crippen LogP contribution in [0.2, 0.25) is 0 Å². The van der Waals surface area contributed by atoms with Gasteiger partial charge in [0.1, 0.15) is 5.40 Å². The summed E-state index contributed by atoms with van der Waals surface area (Å²) in [6.07, 6.45) is 0. The second-order valence-electron chi connectivity index (χ2n) is 4.59. The molecule has 0 saturated carbocycles. The predicted molar refractivity (Wildman–Crippen MR) is 92.0 cm³/mol. The summed E-state index contributed by atoms with van der Waals surface area (Å²) in [7, 11) is 4.48. The first kappa shape index (κ1) is 17.5. The number of rotatable bonds is 6. The number of thioether (sulfide) groups is 1. The summed E-state index contributed by atoms with van der Waals surface area (Å²) in [5.41, 5.74) is 0.996. The molecule has 0 saturated heterocycles. The molecule has 2 rings (SSSR count). The number of carbonyl (C=O) groups is 1. The highest BCUT2D eigenvalue weighted by molar-refractivity contribution is 8.03. The van der Waals surface area contributed by atoms with Crippen LogP contribution in [0.5, 0.6) is 17.2 Å². The standard InChI is InChI=1S/C17H16N2O4S/c1-21-14-8-11(9-15(22-2)16(14)23-3)17(20)19-12-4-6-13(7-5-12)24-10-18/h4-9H,1-3H3,(H,19,20). The van der Waals surface area contributed by atoms with E-state index in [1.807, 2.05) is 5.40 Å². The molecule has 1 amide bonds. The van der Waals surface area contributed by atoms with Crippen LogP contribution in [0.3, 0.4) is 0 Å². The monoisotopic (exact) mass is 344 g/mol. The molecule has 7 heteroatoms. The van der Waals surface area contributed by atoms with Crippen LogP contribution in [0.1, 0.15) is 10.4 Å². The van der Waals surface area contributed by atoms with E-state index in [1.54, 1.807) is 36.4 Å². The second kappa shape index (κ2) is 8.13. The van der Waals surface area contributed by atoms with Crippen LogP contribution in [0.25, 0.3) is 0 Å². The van der Waals surface area contributed by atoms with Gasteiger partial charge in [-0.2, -0.15) is 5.26 Å². The Bertz CT molecular complexity index is 744. The number of hydrogen-bond donors (Lipinski definition) is 1. The van der Waals surface area contributed by atoms with E-state index < -0.39 is 0 Å². The molecule has 0 bridgehead atoms. The van der Waals surface area contributed by atoms with Crippen LogP contribution < -0.4 is 19.5 Å². The van der Waals surface area contributed by atoms with Gasteiger partial charge in [-0.1, -0.05) is 0 Å². The minimum Gasteiger partial charge on any atom is -0.493 e. The molecule has 0 fully saturated rings. The Balaban J connectivity index is 2.24. The van der Waals surface area contributed by atoms with Crippen molar-refractivity contribution in [2.24, 2.45) is 0 Å². The Morgan fingerprint density at radius 3 is 2.08 bits per heavy atom. The van der Waals surface area contributed by atoms with Gasteiger partial charge in [-0.25, -0.2) is 0 Å². The van der Waals surface area contributed by atoms with Crippen molar-refractivity contribution in [1.82, 2.24) is 0 Å². The predicted octanol–water partition coefficient (Wildman–Crippen LogP) is 3.54. The summed E-state index contributed by atoms with van der Waals surface area (Å²) in [5, 5.41) is 13.4. The van der Waals surface area contributed by atoms with Gasteiger partial charge in [0.25, 0.3) is 5.91 Å². The molecular weight excluding hydrogens is 328 g/mol. The molecule has 0 unspecified atom stereocenters. The maximum atomic E-state index is 12.4. The highest BCUT2D eigenvalue weighted by Gasteiger charge is 2.17. The molecule has 0 heterocycles. The summed E-state index contributed by atoms with van der Waals surface area (Å²) < 4.78 is 15.7. The zero-order valence-electron chi connectivity index (χ0n) is 13.5. The van der Waals surface area contributed by atoms with Crippen LogP contribution in [-0.2, 0) is 0 Å². The smallest absolute Gasteiger partial charge is 0.255 e. The molecule has 0 aliphatic carbocycles. The van der Waals surface area contributed by atoms with Gasteiger partial charge in [-0.3, -0.25) is 4.79 Å². The molecule has 0 spiro atoms. The number of amides is 1. The third kappa shape index (κ3) is 3.91. The number of thiocyanates is 1. The Morgan fingerprint density at radius 1 is 1.04 bits per heavy atom. The largest absolute Gasteiger partial charge is 0.493 e. The summed E-state index contributed by atoms with van der Waals surface area (Å²) in [5.74, 6) is 0.926. The first-order chi connectivity index (χ1) is 11.6. The fraction of sp³-hybridized carbons (Fsp3) is 0.176. The molecule has 124 valence electrons. The average molecular weight is 344 g/mol. The summed E-state index contributed by atoms with van der Waals surface area (Å²) in [6, 6.07) is 10.1. The normalized spacial score (nSPS) is 9.75. The Hall–Kier alpha value is -2.85. The number of anilines is 1. The van der Waals surface area contributed by atoms with Crippen molar-refractivity contribution in [3.63, 3.8) is 0 Å². The SMILES string of the molecule is COc1cc(C(=O)Nc2ccc(SC#N)cc2)cc(OC)c1OC. The van der Waals surface area contributed by atoms with Gasteiger partial charge in [0.15, 0.2) is 11.5 Å².